The van der Waals surface area contributed by atoms with Gasteiger partial charge in [0.1, 0.15) is 29.8 Å². The summed E-state index contributed by atoms with van der Waals surface area (Å²) in [5.74, 6) is 0.00212. The number of nitrogens with zero attached hydrogens (tertiary/aromatic N) is 4. The summed E-state index contributed by atoms with van der Waals surface area (Å²) in [5.41, 5.74) is 1.61. The number of benzene rings is 2. The minimum Gasteiger partial charge on any atom is -0.490 e. The van der Waals surface area contributed by atoms with Gasteiger partial charge in [-0.2, -0.15) is 5.10 Å². The standard InChI is InChI=1S/C30H32N6O5S/c1-34-11-9-23(32-30(40)31-20-8-7-18-5-3-4-6-19(18)13-20)28(38)36-16-22(37)14-21(36)17-41-26-10-12-42-27(26)24-15-25(29(34)39)35(2)33-24/h3-8,10,12-13,15,21-23,37H,9,11,14,16-17H2,1-2H3,(H2,31,32,40)/t21-,22-,23-/m0/s1. The summed E-state index contributed by atoms with van der Waals surface area (Å²) >= 11 is 1.45. The van der Waals surface area contributed by atoms with Crippen LogP contribution in [0.3, 0.4) is 0 Å². The molecule has 2 aromatic carbocycles. The Hall–Kier alpha value is -4.42. The molecule has 3 atom stereocenters. The van der Waals surface area contributed by atoms with E-state index in [1.807, 2.05) is 47.8 Å². The lowest BCUT2D eigenvalue weighted by Gasteiger charge is -2.30. The first-order valence-corrected chi connectivity index (χ1v) is 14.7. The third kappa shape index (κ3) is 5.55. The summed E-state index contributed by atoms with van der Waals surface area (Å²) in [4.78, 5) is 44.3. The van der Waals surface area contributed by atoms with Crippen LogP contribution in [-0.2, 0) is 11.8 Å². The van der Waals surface area contributed by atoms with Crippen molar-refractivity contribution in [2.24, 2.45) is 7.05 Å². The average molecular weight is 589 g/mol. The fourth-order valence-corrected chi connectivity index (χ4v) is 6.34. The van der Waals surface area contributed by atoms with Gasteiger partial charge in [-0.3, -0.25) is 14.3 Å². The molecule has 0 saturated carbocycles. The number of aromatic nitrogens is 2. The lowest BCUT2D eigenvalue weighted by Crippen LogP contribution is -2.53. The zero-order valence-corrected chi connectivity index (χ0v) is 24.1. The van der Waals surface area contributed by atoms with Gasteiger partial charge in [0.05, 0.1) is 17.0 Å². The van der Waals surface area contributed by atoms with Crippen LogP contribution in [0.1, 0.15) is 23.3 Å². The van der Waals surface area contributed by atoms with E-state index in [-0.39, 0.29) is 37.9 Å². The van der Waals surface area contributed by atoms with Crippen molar-refractivity contribution < 1.29 is 24.2 Å². The number of nitrogens with one attached hydrogen (secondary N) is 2. The largest absolute Gasteiger partial charge is 0.490 e. The number of thiophene rings is 1. The molecular weight excluding hydrogens is 556 g/mol. The minimum absolute atomic E-state index is 0.131. The minimum atomic E-state index is -0.947. The predicted molar refractivity (Wildman–Crippen MR) is 160 cm³/mol. The second-order valence-electron chi connectivity index (χ2n) is 10.7. The molecule has 42 heavy (non-hydrogen) atoms. The quantitative estimate of drug-likeness (QED) is 0.330. The number of fused-ring (bicyclic) bond motifs is 6. The molecule has 0 unspecified atom stereocenters. The molecule has 3 N–H and O–H groups in total. The summed E-state index contributed by atoms with van der Waals surface area (Å²) in [5, 5.41) is 24.6. The Morgan fingerprint density at radius 3 is 2.74 bits per heavy atom. The second kappa shape index (κ2) is 11.5. The Balaban J connectivity index is 1.27. The van der Waals surface area contributed by atoms with Crippen LogP contribution in [0, 0.1) is 0 Å². The molecule has 1 saturated heterocycles. The molecule has 2 aliphatic heterocycles. The molecule has 0 aliphatic carbocycles. The molecular formula is C30H32N6O5S. The number of carbonyl (C=O) groups is 3. The van der Waals surface area contributed by atoms with Crippen molar-refractivity contribution >= 4 is 45.6 Å². The van der Waals surface area contributed by atoms with Crippen molar-refractivity contribution in [3.8, 4) is 16.3 Å². The Bertz CT molecular complexity index is 1650. The molecule has 11 nitrogen and oxygen atoms in total. The van der Waals surface area contributed by atoms with Crippen molar-refractivity contribution in [1.29, 1.82) is 0 Å². The monoisotopic (exact) mass is 588 g/mol. The molecule has 0 spiro atoms. The highest BCUT2D eigenvalue weighted by Crippen LogP contribution is 2.36. The van der Waals surface area contributed by atoms with Gasteiger partial charge >= 0.3 is 6.03 Å². The fraction of sp³-hybridized carbons (Fsp3) is 0.333. The van der Waals surface area contributed by atoms with Crippen LogP contribution in [0.5, 0.6) is 5.75 Å². The number of rotatable bonds is 2. The van der Waals surface area contributed by atoms with Crippen LogP contribution < -0.4 is 15.4 Å². The number of aryl methyl sites for hydroxylation is 1. The Morgan fingerprint density at radius 1 is 1.10 bits per heavy atom. The van der Waals surface area contributed by atoms with Crippen molar-refractivity contribution in [2.75, 3.05) is 32.1 Å². The summed E-state index contributed by atoms with van der Waals surface area (Å²) in [6.45, 7) is 0.501. The molecule has 2 aliphatic rings. The molecule has 1 fully saturated rings. The molecule has 2 aromatic heterocycles. The molecule has 0 radical (unpaired) electrons. The zero-order chi connectivity index (χ0) is 29.4. The van der Waals surface area contributed by atoms with Gasteiger partial charge < -0.3 is 30.3 Å². The highest BCUT2D eigenvalue weighted by molar-refractivity contribution is 7.14. The highest BCUT2D eigenvalue weighted by atomic mass is 32.1. The Kier molecular flexibility index (Phi) is 7.56. The van der Waals surface area contributed by atoms with Crippen molar-refractivity contribution in [3.05, 3.63) is 65.7 Å². The summed E-state index contributed by atoms with van der Waals surface area (Å²) in [6.07, 6.45) is -0.185. The number of carbonyl (C=O) groups excluding carboxylic acids is 3. The van der Waals surface area contributed by atoms with E-state index in [0.717, 1.165) is 15.6 Å². The van der Waals surface area contributed by atoms with Crippen LogP contribution in [0.2, 0.25) is 0 Å². The van der Waals surface area contributed by atoms with Crippen molar-refractivity contribution in [3.63, 3.8) is 0 Å². The third-order valence-corrected chi connectivity index (χ3v) is 8.70. The van der Waals surface area contributed by atoms with E-state index in [0.29, 0.717) is 29.2 Å². The van der Waals surface area contributed by atoms with Crippen LogP contribution >= 0.6 is 11.3 Å². The number of hydrogen-bond acceptors (Lipinski definition) is 7. The van der Waals surface area contributed by atoms with E-state index in [1.165, 1.54) is 20.9 Å². The Morgan fingerprint density at radius 2 is 1.90 bits per heavy atom. The highest BCUT2D eigenvalue weighted by Gasteiger charge is 2.39. The van der Waals surface area contributed by atoms with E-state index in [4.69, 9.17) is 4.74 Å². The molecule has 4 amide bonds. The first kappa shape index (κ1) is 27.7. The van der Waals surface area contributed by atoms with E-state index < -0.39 is 24.2 Å². The van der Waals surface area contributed by atoms with Gasteiger partial charge in [0.2, 0.25) is 5.91 Å². The van der Waals surface area contributed by atoms with Gasteiger partial charge in [0, 0.05) is 32.9 Å². The van der Waals surface area contributed by atoms with Gasteiger partial charge in [-0.05, 0) is 53.3 Å². The van der Waals surface area contributed by atoms with E-state index in [2.05, 4.69) is 15.7 Å². The maximum absolute atomic E-state index is 13.9. The maximum atomic E-state index is 13.9. The smallest absolute Gasteiger partial charge is 0.319 e. The normalized spacial score (nSPS) is 21.3. The number of amides is 4. The van der Waals surface area contributed by atoms with E-state index in [9.17, 15) is 19.5 Å². The number of aliphatic hydroxyl groups is 1. The first-order chi connectivity index (χ1) is 20.3. The van der Waals surface area contributed by atoms with Crippen molar-refractivity contribution in [1.82, 2.24) is 24.9 Å². The molecule has 6 rings (SSSR count). The maximum Gasteiger partial charge on any atom is 0.319 e. The first-order valence-electron chi connectivity index (χ1n) is 13.8. The second-order valence-corrected chi connectivity index (χ2v) is 11.6. The van der Waals surface area contributed by atoms with E-state index in [1.54, 1.807) is 31.1 Å². The number of aliphatic hydroxyl groups excluding tert-OH is 1. The van der Waals surface area contributed by atoms with Gasteiger partial charge in [0.15, 0.2) is 0 Å². The number of ether oxygens (including phenoxy) is 1. The zero-order valence-electron chi connectivity index (χ0n) is 23.3. The lowest BCUT2D eigenvalue weighted by molar-refractivity contribution is -0.135. The predicted octanol–water partition coefficient (Wildman–Crippen LogP) is 3.31. The van der Waals surface area contributed by atoms with Gasteiger partial charge in [-0.15, -0.1) is 11.3 Å². The number of urea groups is 1. The third-order valence-electron chi connectivity index (χ3n) is 7.78. The van der Waals surface area contributed by atoms with Crippen molar-refractivity contribution in [2.45, 2.75) is 31.0 Å². The van der Waals surface area contributed by atoms with Gasteiger partial charge in [0.25, 0.3) is 5.91 Å². The molecule has 4 aromatic rings. The summed E-state index contributed by atoms with van der Waals surface area (Å²) in [6, 6.07) is 15.1. The lowest BCUT2D eigenvalue weighted by atomic mass is 10.1. The van der Waals surface area contributed by atoms with E-state index >= 15 is 0 Å². The Labute approximate surface area is 246 Å². The number of anilines is 1. The van der Waals surface area contributed by atoms with Gasteiger partial charge in [-0.25, -0.2) is 4.79 Å². The summed E-state index contributed by atoms with van der Waals surface area (Å²) in [7, 11) is 3.37. The molecule has 4 heterocycles. The van der Waals surface area contributed by atoms with Crippen LogP contribution in [0.4, 0.5) is 10.5 Å². The molecule has 218 valence electrons. The summed E-state index contributed by atoms with van der Waals surface area (Å²) < 4.78 is 7.70. The average Bonchev–Trinajstić information content (AvgIpc) is 3.70. The SMILES string of the molecule is CN1CC[C@H](NC(=O)Nc2ccc3ccccc3c2)C(=O)N2C[C@@H](O)C[C@H]2COc2ccsc2-c2cc(n(C)n2)C1=O. The van der Waals surface area contributed by atoms with Crippen LogP contribution in [0.15, 0.2) is 60.0 Å². The van der Waals surface area contributed by atoms with Crippen LogP contribution in [-0.4, -0.2) is 87.5 Å². The van der Waals surface area contributed by atoms with Gasteiger partial charge in [-0.1, -0.05) is 30.3 Å². The fourth-order valence-electron chi connectivity index (χ4n) is 5.55. The van der Waals surface area contributed by atoms with Crippen LogP contribution in [0.25, 0.3) is 21.3 Å². The molecule has 2 bridgehead atoms. The topological polar surface area (TPSA) is 129 Å². The molecule has 12 heteroatoms. The number of hydrogen-bond donors (Lipinski definition) is 3.